The average Bonchev–Trinajstić information content (AvgIpc) is 2.94. The van der Waals surface area contributed by atoms with Crippen LogP contribution in [0.1, 0.15) is 25.8 Å². The zero-order valence-corrected chi connectivity index (χ0v) is 16.0. The minimum atomic E-state index is 0. The van der Waals surface area contributed by atoms with Crippen LogP contribution >= 0.6 is 35.3 Å². The highest BCUT2D eigenvalue weighted by molar-refractivity contribution is 14.0. The molecule has 2 N–H and O–H groups in total. The molecule has 0 spiro atoms. The lowest BCUT2D eigenvalue weighted by Gasteiger charge is -2.23. The molecule has 0 bridgehead atoms. The van der Waals surface area contributed by atoms with Gasteiger partial charge in [-0.25, -0.2) is 0 Å². The molecule has 1 heterocycles. The van der Waals surface area contributed by atoms with Crippen molar-refractivity contribution >= 4 is 41.3 Å². The summed E-state index contributed by atoms with van der Waals surface area (Å²) in [7, 11) is 3.97. The minimum absolute atomic E-state index is 0. The first kappa shape index (κ1) is 19.7. The predicted octanol–water partition coefficient (Wildman–Crippen LogP) is 2.76. The Hall–Kier alpha value is -0.340. The molecule has 1 aromatic heterocycles. The van der Waals surface area contributed by atoms with Crippen molar-refractivity contribution in [1.29, 1.82) is 0 Å². The van der Waals surface area contributed by atoms with E-state index in [-0.39, 0.29) is 24.0 Å². The smallest absolute Gasteiger partial charge is 0.191 e. The van der Waals surface area contributed by atoms with E-state index >= 15 is 0 Å². The van der Waals surface area contributed by atoms with Crippen LogP contribution in [0.25, 0.3) is 0 Å². The van der Waals surface area contributed by atoms with E-state index in [1.165, 1.54) is 12.0 Å². The molecule has 0 saturated carbocycles. The predicted molar refractivity (Wildman–Crippen MR) is 100 cm³/mol. The molecule has 6 heteroatoms. The van der Waals surface area contributed by atoms with Crippen molar-refractivity contribution in [3.63, 3.8) is 0 Å². The number of hydrogen-bond donors (Lipinski definition) is 2. The molecular weight excluding hydrogens is 383 g/mol. The van der Waals surface area contributed by atoms with Gasteiger partial charge in [-0.3, -0.25) is 4.99 Å². The van der Waals surface area contributed by atoms with Gasteiger partial charge in [0.05, 0.1) is 0 Å². The highest BCUT2D eigenvalue weighted by atomic mass is 127. The first-order chi connectivity index (χ1) is 9.17. The van der Waals surface area contributed by atoms with Crippen LogP contribution in [0.4, 0.5) is 0 Å². The quantitative estimate of drug-likeness (QED) is 0.413. The second kappa shape index (κ2) is 11.3. The molecule has 1 rings (SSSR count). The molecule has 0 radical (unpaired) electrons. The van der Waals surface area contributed by atoms with E-state index in [0.29, 0.717) is 6.04 Å². The van der Waals surface area contributed by atoms with Gasteiger partial charge in [0.15, 0.2) is 5.96 Å². The maximum Gasteiger partial charge on any atom is 0.191 e. The Kier molecular flexibility index (Phi) is 11.1. The summed E-state index contributed by atoms with van der Waals surface area (Å²) in [5, 5.41) is 10.9. The molecule has 116 valence electrons. The van der Waals surface area contributed by atoms with E-state index in [4.69, 9.17) is 0 Å². The maximum absolute atomic E-state index is 4.23. The third-order valence-corrected chi connectivity index (χ3v) is 4.10. The zero-order valence-electron chi connectivity index (χ0n) is 12.8. The largest absolute Gasteiger partial charge is 0.355 e. The van der Waals surface area contributed by atoms with Gasteiger partial charge in [0, 0.05) is 32.7 Å². The van der Waals surface area contributed by atoms with Crippen molar-refractivity contribution in [2.45, 2.75) is 32.9 Å². The van der Waals surface area contributed by atoms with Gasteiger partial charge in [0.1, 0.15) is 0 Å². The van der Waals surface area contributed by atoms with Crippen molar-refractivity contribution < 1.29 is 0 Å². The molecule has 0 aliphatic carbocycles. The van der Waals surface area contributed by atoms with Crippen molar-refractivity contribution in [3.8, 4) is 0 Å². The molecular formula is C14H27IN4S. The van der Waals surface area contributed by atoms with E-state index in [2.05, 4.69) is 58.2 Å². The van der Waals surface area contributed by atoms with Crippen molar-refractivity contribution in [2.75, 3.05) is 27.2 Å². The third kappa shape index (κ3) is 7.44. The van der Waals surface area contributed by atoms with Crippen molar-refractivity contribution in [1.82, 2.24) is 15.5 Å². The highest BCUT2D eigenvalue weighted by Gasteiger charge is 2.06. The Balaban J connectivity index is 0.00000361. The number of halogens is 1. The molecule has 0 aliphatic rings. The first-order valence-corrected chi connectivity index (χ1v) is 7.77. The molecule has 0 saturated heterocycles. The van der Waals surface area contributed by atoms with Crippen LogP contribution in [0.2, 0.25) is 0 Å². The van der Waals surface area contributed by atoms with Crippen molar-refractivity contribution in [2.24, 2.45) is 4.99 Å². The summed E-state index contributed by atoms with van der Waals surface area (Å²) in [5.41, 5.74) is 1.30. The second-order valence-electron chi connectivity index (χ2n) is 4.72. The van der Waals surface area contributed by atoms with E-state index in [0.717, 1.165) is 25.6 Å². The standard InChI is InChI=1S/C14H26N4S.HI/c1-5-12(2)18(4)8-7-16-14(15-3)17-10-13-6-9-19-11-13;/h6,9,11-12H,5,7-8,10H2,1-4H3,(H2,15,16,17);1H. The Bertz CT molecular complexity index is 367. The van der Waals surface area contributed by atoms with Crippen LogP contribution in [0.5, 0.6) is 0 Å². The minimum Gasteiger partial charge on any atom is -0.355 e. The molecule has 1 aromatic rings. The van der Waals surface area contributed by atoms with E-state index in [1.54, 1.807) is 18.4 Å². The van der Waals surface area contributed by atoms with Crippen molar-refractivity contribution in [3.05, 3.63) is 22.4 Å². The zero-order chi connectivity index (χ0) is 14.1. The highest BCUT2D eigenvalue weighted by Crippen LogP contribution is 2.04. The normalized spacial score (nSPS) is 12.9. The average molecular weight is 410 g/mol. The summed E-state index contributed by atoms with van der Waals surface area (Å²) < 4.78 is 0. The SMILES string of the molecule is CCC(C)N(C)CCNC(=NC)NCc1ccsc1.I. The van der Waals surface area contributed by atoms with E-state index in [9.17, 15) is 0 Å². The Labute approximate surface area is 144 Å². The van der Waals surface area contributed by atoms with E-state index in [1.807, 2.05) is 0 Å². The van der Waals surface area contributed by atoms with Gasteiger partial charge in [-0.2, -0.15) is 11.3 Å². The van der Waals surface area contributed by atoms with Gasteiger partial charge >= 0.3 is 0 Å². The monoisotopic (exact) mass is 410 g/mol. The fourth-order valence-electron chi connectivity index (χ4n) is 1.68. The topological polar surface area (TPSA) is 39.7 Å². The van der Waals surface area contributed by atoms with Crippen LogP contribution in [0, 0.1) is 0 Å². The van der Waals surface area contributed by atoms with Gasteiger partial charge in [0.25, 0.3) is 0 Å². The van der Waals surface area contributed by atoms with Gasteiger partial charge in [-0.15, -0.1) is 24.0 Å². The summed E-state index contributed by atoms with van der Waals surface area (Å²) in [4.78, 5) is 6.59. The van der Waals surface area contributed by atoms with Crippen LogP contribution < -0.4 is 10.6 Å². The summed E-state index contributed by atoms with van der Waals surface area (Å²) in [6.45, 7) is 7.22. The van der Waals surface area contributed by atoms with Gasteiger partial charge in [0.2, 0.25) is 0 Å². The Morgan fingerprint density at radius 2 is 2.20 bits per heavy atom. The third-order valence-electron chi connectivity index (χ3n) is 3.36. The Morgan fingerprint density at radius 1 is 1.45 bits per heavy atom. The molecule has 1 atom stereocenters. The van der Waals surface area contributed by atoms with Crippen LogP contribution in [0.3, 0.4) is 0 Å². The molecule has 20 heavy (non-hydrogen) atoms. The lowest BCUT2D eigenvalue weighted by atomic mass is 10.2. The maximum atomic E-state index is 4.23. The number of nitrogens with zero attached hydrogens (tertiary/aromatic N) is 2. The van der Waals surface area contributed by atoms with E-state index < -0.39 is 0 Å². The van der Waals surface area contributed by atoms with Gasteiger partial charge in [-0.05, 0) is 42.8 Å². The number of guanidine groups is 1. The Morgan fingerprint density at radius 3 is 2.75 bits per heavy atom. The summed E-state index contributed by atoms with van der Waals surface area (Å²) in [6.07, 6.45) is 1.18. The number of likely N-dealkylation sites (N-methyl/N-ethyl adjacent to an activating group) is 1. The summed E-state index contributed by atoms with van der Waals surface area (Å²) >= 11 is 1.72. The van der Waals surface area contributed by atoms with Gasteiger partial charge in [-0.1, -0.05) is 6.92 Å². The molecule has 0 aromatic carbocycles. The summed E-state index contributed by atoms with van der Waals surface area (Å²) in [6, 6.07) is 2.75. The fourth-order valence-corrected chi connectivity index (χ4v) is 2.35. The second-order valence-corrected chi connectivity index (χ2v) is 5.50. The summed E-state index contributed by atoms with van der Waals surface area (Å²) in [5.74, 6) is 0.865. The van der Waals surface area contributed by atoms with Crippen LogP contribution in [-0.2, 0) is 6.54 Å². The van der Waals surface area contributed by atoms with Crippen LogP contribution in [0.15, 0.2) is 21.8 Å². The number of aliphatic imine (C=N–C) groups is 1. The number of thiophene rings is 1. The fraction of sp³-hybridized carbons (Fsp3) is 0.643. The van der Waals surface area contributed by atoms with Gasteiger partial charge < -0.3 is 15.5 Å². The lowest BCUT2D eigenvalue weighted by molar-refractivity contribution is 0.255. The molecule has 0 aliphatic heterocycles. The first-order valence-electron chi connectivity index (χ1n) is 6.83. The molecule has 4 nitrogen and oxygen atoms in total. The number of nitrogens with one attached hydrogen (secondary N) is 2. The molecule has 1 unspecified atom stereocenters. The van der Waals surface area contributed by atoms with Crippen LogP contribution in [-0.4, -0.2) is 44.1 Å². The molecule has 0 amide bonds. The number of rotatable bonds is 7. The number of hydrogen-bond acceptors (Lipinski definition) is 3. The lowest BCUT2D eigenvalue weighted by Crippen LogP contribution is -2.42. The molecule has 0 fully saturated rings.